The van der Waals surface area contributed by atoms with Gasteiger partial charge in [-0.3, -0.25) is 0 Å². The lowest BCUT2D eigenvalue weighted by Gasteiger charge is -2.24. The number of methoxy groups -OCH3 is 1. The summed E-state index contributed by atoms with van der Waals surface area (Å²) in [5.74, 6) is 0. The van der Waals surface area contributed by atoms with Crippen LogP contribution in [0.25, 0.3) is 0 Å². The maximum absolute atomic E-state index is 12.2. The maximum Gasteiger partial charge on any atom is 0.241 e. The molecule has 0 unspecified atom stereocenters. The van der Waals surface area contributed by atoms with Crippen LogP contribution in [-0.4, -0.2) is 34.2 Å². The van der Waals surface area contributed by atoms with Crippen LogP contribution in [-0.2, 0) is 14.8 Å². The number of ether oxygens (including phenoxy) is 1. The first kappa shape index (κ1) is 15.9. The number of benzene rings is 1. The third-order valence-electron chi connectivity index (χ3n) is 2.46. The molecule has 0 fully saturated rings. The van der Waals surface area contributed by atoms with E-state index in [1.807, 2.05) is 6.92 Å². The molecule has 0 spiro atoms. The van der Waals surface area contributed by atoms with E-state index in [1.165, 1.54) is 0 Å². The third kappa shape index (κ3) is 4.81. The number of sulfonamides is 1. The van der Waals surface area contributed by atoms with E-state index in [9.17, 15) is 8.42 Å². The van der Waals surface area contributed by atoms with Gasteiger partial charge in [0, 0.05) is 19.3 Å². The molecule has 0 amide bonds. The van der Waals surface area contributed by atoms with Gasteiger partial charge in [0.15, 0.2) is 0 Å². The minimum absolute atomic E-state index is 0.248. The number of anilines is 1. The minimum atomic E-state index is -3.53. The molecule has 2 N–H and O–H groups in total. The zero-order chi connectivity index (χ0) is 14.5. The van der Waals surface area contributed by atoms with Gasteiger partial charge in [0.1, 0.15) is 0 Å². The van der Waals surface area contributed by atoms with Gasteiger partial charge >= 0.3 is 0 Å². The minimum Gasteiger partial charge on any atom is -0.385 e. The molecule has 108 valence electrons. The van der Waals surface area contributed by atoms with Crippen LogP contribution in [0.5, 0.6) is 0 Å². The molecule has 19 heavy (non-hydrogen) atoms. The first-order valence-corrected chi connectivity index (χ1v) is 7.66. The van der Waals surface area contributed by atoms with Crippen molar-refractivity contribution < 1.29 is 13.2 Å². The van der Waals surface area contributed by atoms with Gasteiger partial charge in [-0.1, -0.05) is 0 Å². The monoisotopic (exact) mass is 286 g/mol. The first-order valence-electron chi connectivity index (χ1n) is 6.17. The van der Waals surface area contributed by atoms with Gasteiger partial charge in [0.2, 0.25) is 10.0 Å². The quantitative estimate of drug-likeness (QED) is 0.802. The van der Waals surface area contributed by atoms with Crippen molar-refractivity contribution in [2.75, 3.05) is 25.6 Å². The molecule has 6 heteroatoms. The SMILES string of the molecule is CCNc1ccc(S(=O)(=O)NC(C)(C)COC)cc1. The van der Waals surface area contributed by atoms with E-state index in [1.54, 1.807) is 45.2 Å². The van der Waals surface area contributed by atoms with Crippen molar-refractivity contribution in [3.8, 4) is 0 Å². The Morgan fingerprint density at radius 3 is 2.26 bits per heavy atom. The molecular weight excluding hydrogens is 264 g/mol. The Morgan fingerprint density at radius 2 is 1.79 bits per heavy atom. The van der Waals surface area contributed by atoms with Crippen LogP contribution in [0.4, 0.5) is 5.69 Å². The number of nitrogens with one attached hydrogen (secondary N) is 2. The Balaban J connectivity index is 2.88. The van der Waals surface area contributed by atoms with Gasteiger partial charge in [0.25, 0.3) is 0 Å². The fourth-order valence-corrected chi connectivity index (χ4v) is 3.17. The second-order valence-corrected chi connectivity index (χ2v) is 6.66. The van der Waals surface area contributed by atoms with E-state index < -0.39 is 15.6 Å². The van der Waals surface area contributed by atoms with Crippen LogP contribution >= 0.6 is 0 Å². The fraction of sp³-hybridized carbons (Fsp3) is 0.538. The highest BCUT2D eigenvalue weighted by Gasteiger charge is 2.26. The second kappa shape index (κ2) is 6.36. The van der Waals surface area contributed by atoms with E-state index in [0.29, 0.717) is 6.61 Å². The molecule has 0 radical (unpaired) electrons. The van der Waals surface area contributed by atoms with Crippen molar-refractivity contribution in [3.05, 3.63) is 24.3 Å². The average Bonchev–Trinajstić information content (AvgIpc) is 2.28. The summed E-state index contributed by atoms with van der Waals surface area (Å²) in [5.41, 5.74) is 0.256. The summed E-state index contributed by atoms with van der Waals surface area (Å²) in [4.78, 5) is 0.248. The summed E-state index contributed by atoms with van der Waals surface area (Å²) in [6.07, 6.45) is 0. The Kier molecular flexibility index (Phi) is 5.34. The smallest absolute Gasteiger partial charge is 0.241 e. The standard InChI is InChI=1S/C13H22N2O3S/c1-5-14-11-6-8-12(9-7-11)19(16,17)15-13(2,3)10-18-4/h6-9,14-15H,5,10H2,1-4H3. The van der Waals surface area contributed by atoms with Crippen LogP contribution in [0.1, 0.15) is 20.8 Å². The van der Waals surface area contributed by atoms with Crippen molar-refractivity contribution in [2.45, 2.75) is 31.2 Å². The topological polar surface area (TPSA) is 67.4 Å². The van der Waals surface area contributed by atoms with Crippen molar-refractivity contribution in [3.63, 3.8) is 0 Å². The lowest BCUT2D eigenvalue weighted by Crippen LogP contribution is -2.46. The summed E-state index contributed by atoms with van der Waals surface area (Å²) < 4.78 is 32.0. The van der Waals surface area contributed by atoms with Crippen molar-refractivity contribution in [1.82, 2.24) is 4.72 Å². The van der Waals surface area contributed by atoms with Crippen molar-refractivity contribution in [1.29, 1.82) is 0 Å². The van der Waals surface area contributed by atoms with E-state index in [2.05, 4.69) is 10.0 Å². The number of hydrogen-bond acceptors (Lipinski definition) is 4. The van der Waals surface area contributed by atoms with E-state index in [4.69, 9.17) is 4.74 Å². The Labute approximate surface area is 115 Å². The van der Waals surface area contributed by atoms with Crippen LogP contribution in [0, 0.1) is 0 Å². The van der Waals surface area contributed by atoms with Gasteiger partial charge in [-0.05, 0) is 45.0 Å². The normalized spacial score (nSPS) is 12.4. The highest BCUT2D eigenvalue weighted by atomic mass is 32.2. The molecule has 1 rings (SSSR count). The van der Waals surface area contributed by atoms with Crippen molar-refractivity contribution >= 4 is 15.7 Å². The lowest BCUT2D eigenvalue weighted by molar-refractivity contribution is 0.141. The molecule has 0 bridgehead atoms. The average molecular weight is 286 g/mol. The van der Waals surface area contributed by atoms with Gasteiger partial charge in [-0.25, -0.2) is 13.1 Å². The number of hydrogen-bond donors (Lipinski definition) is 2. The van der Waals surface area contributed by atoms with Crippen LogP contribution in [0.2, 0.25) is 0 Å². The summed E-state index contributed by atoms with van der Waals surface area (Å²) in [7, 11) is -1.99. The summed E-state index contributed by atoms with van der Waals surface area (Å²) >= 11 is 0. The molecular formula is C13H22N2O3S. The molecule has 1 aromatic rings. The zero-order valence-electron chi connectivity index (χ0n) is 11.9. The van der Waals surface area contributed by atoms with Crippen LogP contribution < -0.4 is 10.0 Å². The summed E-state index contributed by atoms with van der Waals surface area (Å²) in [6.45, 7) is 6.65. The third-order valence-corrected chi connectivity index (χ3v) is 4.18. The van der Waals surface area contributed by atoms with Crippen molar-refractivity contribution in [2.24, 2.45) is 0 Å². The summed E-state index contributed by atoms with van der Waals surface area (Å²) in [5, 5.41) is 3.12. The second-order valence-electron chi connectivity index (χ2n) is 4.98. The van der Waals surface area contributed by atoms with Crippen LogP contribution in [0.15, 0.2) is 29.2 Å². The molecule has 0 aromatic heterocycles. The largest absolute Gasteiger partial charge is 0.385 e. The molecule has 0 atom stereocenters. The predicted molar refractivity (Wildman–Crippen MR) is 76.9 cm³/mol. The molecule has 0 aliphatic carbocycles. The molecule has 1 aromatic carbocycles. The Morgan fingerprint density at radius 1 is 1.21 bits per heavy atom. The Hall–Kier alpha value is -1.11. The fourth-order valence-electron chi connectivity index (χ4n) is 1.77. The number of rotatable bonds is 7. The summed E-state index contributed by atoms with van der Waals surface area (Å²) in [6, 6.07) is 6.68. The zero-order valence-corrected chi connectivity index (χ0v) is 12.7. The van der Waals surface area contributed by atoms with Crippen LogP contribution in [0.3, 0.4) is 0 Å². The highest BCUT2D eigenvalue weighted by molar-refractivity contribution is 7.89. The highest BCUT2D eigenvalue weighted by Crippen LogP contribution is 2.16. The van der Waals surface area contributed by atoms with Gasteiger partial charge in [0.05, 0.1) is 17.0 Å². The Bertz CT molecular complexity index is 495. The maximum atomic E-state index is 12.2. The van der Waals surface area contributed by atoms with Gasteiger partial charge < -0.3 is 10.1 Å². The predicted octanol–water partition coefficient (Wildman–Crippen LogP) is 1.82. The molecule has 0 saturated carbocycles. The van der Waals surface area contributed by atoms with E-state index >= 15 is 0 Å². The molecule has 5 nitrogen and oxygen atoms in total. The lowest BCUT2D eigenvalue weighted by atomic mass is 10.1. The molecule has 0 aliphatic rings. The molecule has 0 aliphatic heterocycles. The van der Waals surface area contributed by atoms with Gasteiger partial charge in [-0.2, -0.15) is 0 Å². The van der Waals surface area contributed by atoms with E-state index in [-0.39, 0.29) is 4.90 Å². The first-order chi connectivity index (χ1) is 8.80. The van der Waals surface area contributed by atoms with E-state index in [0.717, 1.165) is 12.2 Å². The molecule has 0 heterocycles. The molecule has 0 saturated heterocycles. The van der Waals surface area contributed by atoms with Gasteiger partial charge in [-0.15, -0.1) is 0 Å².